The molecule has 1 atom stereocenters. The Kier molecular flexibility index (Phi) is 5.40. The summed E-state index contributed by atoms with van der Waals surface area (Å²) in [5.74, 6) is 0.945. The molecule has 0 heterocycles. The zero-order valence-corrected chi connectivity index (χ0v) is 13.4. The van der Waals surface area contributed by atoms with Crippen LogP contribution in [0.25, 0.3) is 0 Å². The van der Waals surface area contributed by atoms with Crippen LogP contribution in [0.2, 0.25) is 0 Å². The third kappa shape index (κ3) is 3.85. The number of benzene rings is 2. The van der Waals surface area contributed by atoms with Crippen LogP contribution in [-0.4, -0.2) is 14.2 Å². The topological polar surface area (TPSA) is 21.3 Å². The fourth-order valence-corrected chi connectivity index (χ4v) is 2.65. The van der Waals surface area contributed by atoms with E-state index in [1.165, 1.54) is 22.3 Å². The Morgan fingerprint density at radius 1 is 1.05 bits per heavy atom. The van der Waals surface area contributed by atoms with E-state index in [0.717, 1.165) is 18.6 Å². The molecule has 0 amide bonds. The Bertz CT molecular complexity index is 575. The molecule has 2 aromatic carbocycles. The number of nitrogens with one attached hydrogen (secondary N) is 1. The van der Waals surface area contributed by atoms with Crippen LogP contribution in [0.4, 0.5) is 0 Å². The van der Waals surface area contributed by atoms with Crippen LogP contribution >= 0.6 is 0 Å². The highest BCUT2D eigenvalue weighted by molar-refractivity contribution is 5.38. The van der Waals surface area contributed by atoms with Gasteiger partial charge in [-0.05, 0) is 55.1 Å². The molecule has 2 aromatic rings. The lowest BCUT2D eigenvalue weighted by Gasteiger charge is -2.18. The van der Waals surface area contributed by atoms with Crippen LogP contribution in [-0.2, 0) is 12.8 Å². The predicted octanol–water partition coefficient (Wildman–Crippen LogP) is 4.07. The highest BCUT2D eigenvalue weighted by Crippen LogP contribution is 2.24. The lowest BCUT2D eigenvalue weighted by atomic mass is 9.96. The molecule has 2 nitrogen and oxygen atoms in total. The third-order valence-electron chi connectivity index (χ3n) is 4.04. The first-order valence-electron chi connectivity index (χ1n) is 7.57. The minimum Gasteiger partial charge on any atom is -0.496 e. The molecule has 0 bridgehead atoms. The van der Waals surface area contributed by atoms with E-state index in [1.807, 2.05) is 7.05 Å². The van der Waals surface area contributed by atoms with Crippen LogP contribution in [0, 0.1) is 6.92 Å². The van der Waals surface area contributed by atoms with Crippen molar-refractivity contribution in [3.8, 4) is 5.75 Å². The largest absolute Gasteiger partial charge is 0.496 e. The van der Waals surface area contributed by atoms with Crippen molar-refractivity contribution in [3.05, 3.63) is 64.7 Å². The molecule has 2 rings (SSSR count). The van der Waals surface area contributed by atoms with Gasteiger partial charge in [-0.25, -0.2) is 0 Å². The molecule has 0 spiro atoms. The van der Waals surface area contributed by atoms with Crippen molar-refractivity contribution in [3.63, 3.8) is 0 Å². The van der Waals surface area contributed by atoms with Crippen molar-refractivity contribution in [2.24, 2.45) is 0 Å². The normalized spacial score (nSPS) is 12.2. The van der Waals surface area contributed by atoms with Gasteiger partial charge in [0, 0.05) is 6.04 Å². The summed E-state index contributed by atoms with van der Waals surface area (Å²) < 4.78 is 5.34. The number of aryl methyl sites for hydroxylation is 2. The maximum absolute atomic E-state index is 5.34. The van der Waals surface area contributed by atoms with Gasteiger partial charge < -0.3 is 10.1 Å². The van der Waals surface area contributed by atoms with Crippen LogP contribution in [0.1, 0.15) is 35.2 Å². The smallest absolute Gasteiger partial charge is 0.121 e. The minimum atomic E-state index is 0.321. The number of rotatable bonds is 6. The van der Waals surface area contributed by atoms with Gasteiger partial charge in [-0.15, -0.1) is 0 Å². The molecule has 0 aliphatic rings. The van der Waals surface area contributed by atoms with Gasteiger partial charge in [0.1, 0.15) is 5.75 Å². The average molecular weight is 283 g/mol. The number of likely N-dealkylation sites (N-methyl/N-ethyl adjacent to an activating group) is 1. The molecule has 2 heteroatoms. The zero-order valence-electron chi connectivity index (χ0n) is 13.4. The minimum absolute atomic E-state index is 0.321. The summed E-state index contributed by atoms with van der Waals surface area (Å²) in [5, 5.41) is 3.42. The van der Waals surface area contributed by atoms with E-state index < -0.39 is 0 Å². The number of hydrogen-bond donors (Lipinski definition) is 1. The quantitative estimate of drug-likeness (QED) is 0.863. The maximum Gasteiger partial charge on any atom is 0.121 e. The molecule has 0 radical (unpaired) electrons. The van der Waals surface area contributed by atoms with E-state index >= 15 is 0 Å². The number of hydrogen-bond acceptors (Lipinski definition) is 2. The van der Waals surface area contributed by atoms with E-state index in [4.69, 9.17) is 4.74 Å². The van der Waals surface area contributed by atoms with Crippen LogP contribution < -0.4 is 10.1 Å². The third-order valence-corrected chi connectivity index (χ3v) is 4.04. The van der Waals surface area contributed by atoms with Crippen LogP contribution in [0.15, 0.2) is 42.5 Å². The van der Waals surface area contributed by atoms with Crippen LogP contribution in [0.5, 0.6) is 5.75 Å². The number of methoxy groups -OCH3 is 1. The summed E-state index contributed by atoms with van der Waals surface area (Å²) in [7, 11) is 3.73. The first-order valence-corrected chi connectivity index (χ1v) is 7.57. The molecule has 112 valence electrons. The molecule has 1 N–H and O–H groups in total. The summed E-state index contributed by atoms with van der Waals surface area (Å²) in [6, 6.07) is 15.6. The molecular weight excluding hydrogens is 258 g/mol. The Morgan fingerprint density at radius 3 is 2.24 bits per heavy atom. The molecule has 0 aromatic heterocycles. The summed E-state index contributed by atoms with van der Waals surface area (Å²) in [6.07, 6.45) is 2.08. The molecule has 0 fully saturated rings. The molecule has 1 unspecified atom stereocenters. The predicted molar refractivity (Wildman–Crippen MR) is 89.1 cm³/mol. The fraction of sp³-hybridized carbons (Fsp3) is 0.368. The maximum atomic E-state index is 5.34. The van der Waals surface area contributed by atoms with Crippen molar-refractivity contribution in [1.82, 2.24) is 5.32 Å². The van der Waals surface area contributed by atoms with E-state index in [9.17, 15) is 0 Å². The van der Waals surface area contributed by atoms with E-state index in [-0.39, 0.29) is 0 Å². The van der Waals surface area contributed by atoms with Crippen LogP contribution in [0.3, 0.4) is 0 Å². The number of ether oxygens (including phenoxy) is 1. The van der Waals surface area contributed by atoms with E-state index in [2.05, 4.69) is 61.6 Å². The first kappa shape index (κ1) is 15.6. The highest BCUT2D eigenvalue weighted by Gasteiger charge is 2.11. The molecule has 21 heavy (non-hydrogen) atoms. The van der Waals surface area contributed by atoms with Gasteiger partial charge in [0.2, 0.25) is 0 Å². The van der Waals surface area contributed by atoms with Gasteiger partial charge >= 0.3 is 0 Å². The Hall–Kier alpha value is -1.80. The summed E-state index contributed by atoms with van der Waals surface area (Å²) in [6.45, 7) is 4.27. The highest BCUT2D eigenvalue weighted by atomic mass is 16.5. The van der Waals surface area contributed by atoms with Gasteiger partial charge in [-0.1, -0.05) is 43.3 Å². The van der Waals surface area contributed by atoms with Crippen molar-refractivity contribution in [1.29, 1.82) is 0 Å². The SMILES string of the molecule is CCc1ccc(CC(NC)c2ccc(OC)c(C)c2)cc1. The van der Waals surface area contributed by atoms with E-state index in [0.29, 0.717) is 6.04 Å². The molecule has 0 saturated carbocycles. The van der Waals surface area contributed by atoms with E-state index in [1.54, 1.807) is 7.11 Å². The van der Waals surface area contributed by atoms with Crippen molar-refractivity contribution < 1.29 is 4.74 Å². The Labute approximate surface area is 128 Å². The first-order chi connectivity index (χ1) is 10.2. The van der Waals surface area contributed by atoms with Gasteiger partial charge in [0.05, 0.1) is 7.11 Å². The lowest BCUT2D eigenvalue weighted by Crippen LogP contribution is -2.19. The Morgan fingerprint density at radius 2 is 1.71 bits per heavy atom. The molecule has 0 aliphatic carbocycles. The zero-order chi connectivity index (χ0) is 15.2. The van der Waals surface area contributed by atoms with Crippen molar-refractivity contribution in [2.75, 3.05) is 14.2 Å². The van der Waals surface area contributed by atoms with Crippen molar-refractivity contribution in [2.45, 2.75) is 32.7 Å². The van der Waals surface area contributed by atoms with Gasteiger partial charge in [0.25, 0.3) is 0 Å². The van der Waals surface area contributed by atoms with Gasteiger partial charge in [-0.3, -0.25) is 0 Å². The second-order valence-corrected chi connectivity index (χ2v) is 5.44. The standard InChI is InChI=1S/C19H25NO/c1-5-15-6-8-16(9-7-15)13-18(20-3)17-10-11-19(21-4)14(2)12-17/h6-12,18,20H,5,13H2,1-4H3. The lowest BCUT2D eigenvalue weighted by molar-refractivity contribution is 0.411. The molecule has 0 saturated heterocycles. The molecule has 0 aliphatic heterocycles. The summed E-state index contributed by atoms with van der Waals surface area (Å²) in [4.78, 5) is 0. The van der Waals surface area contributed by atoms with Gasteiger partial charge in [-0.2, -0.15) is 0 Å². The second kappa shape index (κ2) is 7.28. The second-order valence-electron chi connectivity index (χ2n) is 5.44. The Balaban J connectivity index is 2.16. The summed E-state index contributed by atoms with van der Waals surface area (Å²) >= 11 is 0. The summed E-state index contributed by atoms with van der Waals surface area (Å²) in [5.41, 5.74) is 5.23. The average Bonchev–Trinajstić information content (AvgIpc) is 2.53. The van der Waals surface area contributed by atoms with Gasteiger partial charge in [0.15, 0.2) is 0 Å². The molecular formula is C19H25NO. The van der Waals surface area contributed by atoms with Crippen molar-refractivity contribution >= 4 is 0 Å². The fourth-order valence-electron chi connectivity index (χ4n) is 2.65. The monoisotopic (exact) mass is 283 g/mol.